The van der Waals surface area contributed by atoms with Gasteiger partial charge in [0.05, 0.1) is 20.1 Å². The van der Waals surface area contributed by atoms with Crippen LogP contribution < -0.4 is 20.7 Å². The van der Waals surface area contributed by atoms with Crippen molar-refractivity contribution < 1.29 is 19.0 Å². The largest absolute Gasteiger partial charge is 0.493 e. The third kappa shape index (κ3) is 3.87. The van der Waals surface area contributed by atoms with Gasteiger partial charge in [-0.05, 0) is 25.1 Å². The highest BCUT2D eigenvalue weighted by Gasteiger charge is 2.33. The van der Waals surface area contributed by atoms with Gasteiger partial charge in [0, 0.05) is 12.5 Å². The fourth-order valence-corrected chi connectivity index (χ4v) is 2.64. The Morgan fingerprint density at radius 1 is 1.32 bits per heavy atom. The number of nitrogens with one attached hydrogen (secondary N) is 2. The summed E-state index contributed by atoms with van der Waals surface area (Å²) >= 11 is 0. The number of H-pyrrole nitrogens is 2. The Morgan fingerprint density at radius 3 is 2.75 bits per heavy atom. The van der Waals surface area contributed by atoms with Crippen LogP contribution in [0.3, 0.4) is 0 Å². The van der Waals surface area contributed by atoms with E-state index in [2.05, 4.69) is 20.3 Å². The second kappa shape index (κ2) is 7.94. The Balaban J connectivity index is 1.88. The smallest absolute Gasteiger partial charge is 0.342 e. The molecule has 1 atom stereocenters. The van der Waals surface area contributed by atoms with Gasteiger partial charge in [-0.25, -0.2) is 9.89 Å². The lowest BCUT2D eigenvalue weighted by Gasteiger charge is -2.20. The Labute approximate surface area is 158 Å². The van der Waals surface area contributed by atoms with Crippen LogP contribution in [0.2, 0.25) is 0 Å². The third-order valence-corrected chi connectivity index (χ3v) is 3.88. The number of hydrogen-bond acceptors (Lipinski definition) is 8. The summed E-state index contributed by atoms with van der Waals surface area (Å²) in [6, 6.07) is 5.14. The minimum atomic E-state index is -0.834. The van der Waals surface area contributed by atoms with Crippen LogP contribution >= 0.6 is 0 Å². The van der Waals surface area contributed by atoms with Crippen molar-refractivity contribution in [2.24, 2.45) is 5.10 Å². The molecule has 2 heterocycles. The molecule has 11 heteroatoms. The molecule has 0 saturated carbocycles. The Kier molecular flexibility index (Phi) is 5.43. The van der Waals surface area contributed by atoms with Crippen LogP contribution in [0.15, 0.2) is 32.9 Å². The Bertz CT molecular complexity index is 1030. The number of ether oxygens (including phenoxy) is 3. The highest BCUT2D eigenvalue weighted by atomic mass is 16.5. The van der Waals surface area contributed by atoms with Crippen LogP contribution in [0.4, 0.5) is 0 Å². The van der Waals surface area contributed by atoms with Crippen LogP contribution in [-0.4, -0.2) is 45.7 Å². The van der Waals surface area contributed by atoms with E-state index in [0.29, 0.717) is 23.7 Å². The molecule has 0 aliphatic carbocycles. The average molecular weight is 389 g/mol. The number of aromatic nitrogens is 3. The molecule has 3 rings (SSSR count). The first-order valence-corrected chi connectivity index (χ1v) is 8.45. The molecule has 2 N–H and O–H groups in total. The summed E-state index contributed by atoms with van der Waals surface area (Å²) in [5.41, 5.74) is -0.757. The van der Waals surface area contributed by atoms with E-state index in [1.807, 2.05) is 6.92 Å². The normalized spacial score (nSPS) is 15.8. The molecule has 1 aliphatic heterocycles. The summed E-state index contributed by atoms with van der Waals surface area (Å²) in [6.45, 7) is 3.68. The predicted molar refractivity (Wildman–Crippen MR) is 97.1 cm³/mol. The van der Waals surface area contributed by atoms with Crippen molar-refractivity contribution in [1.82, 2.24) is 20.2 Å². The minimum Gasteiger partial charge on any atom is -0.493 e. The standard InChI is InChI=1S/C17H19N5O6/c1-4-27-12-6-5-10(7-13(12)26-3)16-22(9(2)23)21-14(28-16)8-11-15(24)18-17(25)20-19-11/h5-7,16H,4,8H2,1-3H3,(H2,18,20,24,25). The lowest BCUT2D eigenvalue weighted by Crippen LogP contribution is -2.28. The van der Waals surface area contributed by atoms with Gasteiger partial charge >= 0.3 is 5.69 Å². The van der Waals surface area contributed by atoms with Crippen molar-refractivity contribution in [3.8, 4) is 11.5 Å². The predicted octanol–water partition coefficient (Wildman–Crippen LogP) is 0.299. The molecule has 2 aromatic rings. The number of rotatable bonds is 6. The first-order valence-electron chi connectivity index (χ1n) is 8.45. The molecule has 0 saturated heterocycles. The number of hydrogen-bond donors (Lipinski definition) is 2. The first kappa shape index (κ1) is 19.1. The molecule has 1 aliphatic rings. The maximum Gasteiger partial charge on any atom is 0.342 e. The highest BCUT2D eigenvalue weighted by molar-refractivity contribution is 5.83. The van der Waals surface area contributed by atoms with Crippen LogP contribution in [0.25, 0.3) is 0 Å². The zero-order valence-electron chi connectivity index (χ0n) is 15.5. The van der Waals surface area contributed by atoms with Gasteiger partial charge in [-0.2, -0.15) is 10.1 Å². The topological polar surface area (TPSA) is 139 Å². The van der Waals surface area contributed by atoms with E-state index in [1.165, 1.54) is 14.0 Å². The maximum absolute atomic E-state index is 12.0. The molecule has 1 amide bonds. The zero-order chi connectivity index (χ0) is 20.3. The molecule has 0 fully saturated rings. The van der Waals surface area contributed by atoms with E-state index >= 15 is 0 Å². The van der Waals surface area contributed by atoms with Crippen molar-refractivity contribution in [1.29, 1.82) is 0 Å². The van der Waals surface area contributed by atoms with Gasteiger partial charge in [0.15, 0.2) is 11.5 Å². The Morgan fingerprint density at radius 2 is 2.11 bits per heavy atom. The fraction of sp³-hybridized carbons (Fsp3) is 0.353. The lowest BCUT2D eigenvalue weighted by atomic mass is 10.1. The summed E-state index contributed by atoms with van der Waals surface area (Å²) in [6.07, 6.45) is -0.931. The number of methoxy groups -OCH3 is 1. The molecule has 1 aromatic heterocycles. The molecule has 11 nitrogen and oxygen atoms in total. The van der Waals surface area contributed by atoms with Crippen molar-refractivity contribution in [2.45, 2.75) is 26.5 Å². The van der Waals surface area contributed by atoms with E-state index < -0.39 is 17.5 Å². The molecule has 0 radical (unpaired) electrons. The van der Waals surface area contributed by atoms with Crippen LogP contribution in [-0.2, 0) is 16.0 Å². The summed E-state index contributed by atoms with van der Waals surface area (Å²) in [5, 5.41) is 11.1. The molecule has 28 heavy (non-hydrogen) atoms. The van der Waals surface area contributed by atoms with Crippen molar-refractivity contribution >= 4 is 11.8 Å². The van der Waals surface area contributed by atoms with E-state index in [4.69, 9.17) is 14.2 Å². The lowest BCUT2D eigenvalue weighted by molar-refractivity contribution is -0.135. The van der Waals surface area contributed by atoms with Gasteiger partial charge in [-0.3, -0.25) is 14.6 Å². The summed E-state index contributed by atoms with van der Waals surface area (Å²) < 4.78 is 16.6. The number of nitrogens with zero attached hydrogens (tertiary/aromatic N) is 3. The van der Waals surface area contributed by atoms with Crippen molar-refractivity contribution in [3.63, 3.8) is 0 Å². The molecule has 0 spiro atoms. The minimum absolute atomic E-state index is 0.00627. The van der Waals surface area contributed by atoms with Gasteiger partial charge < -0.3 is 14.2 Å². The van der Waals surface area contributed by atoms with E-state index in [1.54, 1.807) is 18.2 Å². The van der Waals surface area contributed by atoms with Crippen molar-refractivity contribution in [2.75, 3.05) is 13.7 Å². The third-order valence-electron chi connectivity index (χ3n) is 3.88. The number of carbonyl (C=O) groups excluding carboxylic acids is 1. The quantitative estimate of drug-likeness (QED) is 0.724. The average Bonchev–Trinajstić information content (AvgIpc) is 3.09. The molecule has 148 valence electrons. The second-order valence-corrected chi connectivity index (χ2v) is 5.80. The monoisotopic (exact) mass is 389 g/mol. The first-order chi connectivity index (χ1) is 13.4. The van der Waals surface area contributed by atoms with Gasteiger partial charge in [0.2, 0.25) is 18.0 Å². The van der Waals surface area contributed by atoms with Gasteiger partial charge in [-0.15, -0.1) is 5.10 Å². The van der Waals surface area contributed by atoms with Crippen LogP contribution in [0.5, 0.6) is 11.5 Å². The SMILES string of the molecule is CCOc1ccc(C2OC(Cc3n[nH]c(=O)[nH]c3=O)=NN2C(C)=O)cc1OC. The molecule has 1 aromatic carbocycles. The summed E-state index contributed by atoms with van der Waals surface area (Å²) in [5.74, 6) is 0.805. The summed E-state index contributed by atoms with van der Waals surface area (Å²) in [7, 11) is 1.51. The van der Waals surface area contributed by atoms with E-state index in [9.17, 15) is 14.4 Å². The Hall–Kier alpha value is -3.63. The van der Waals surface area contributed by atoms with Gasteiger partial charge in [0.1, 0.15) is 5.69 Å². The van der Waals surface area contributed by atoms with E-state index in [0.717, 1.165) is 5.01 Å². The van der Waals surface area contributed by atoms with Gasteiger partial charge in [-0.1, -0.05) is 0 Å². The van der Waals surface area contributed by atoms with Crippen molar-refractivity contribution in [3.05, 3.63) is 50.3 Å². The van der Waals surface area contributed by atoms with E-state index in [-0.39, 0.29) is 23.9 Å². The number of hydrazone groups is 1. The number of carbonyl (C=O) groups is 1. The number of benzene rings is 1. The fourth-order valence-electron chi connectivity index (χ4n) is 2.64. The molecular formula is C17H19N5O6. The van der Waals surface area contributed by atoms with Crippen LogP contribution in [0, 0.1) is 0 Å². The summed E-state index contributed by atoms with van der Waals surface area (Å²) in [4.78, 5) is 37.0. The highest BCUT2D eigenvalue weighted by Crippen LogP contribution is 2.35. The van der Waals surface area contributed by atoms with Crippen LogP contribution in [0.1, 0.15) is 31.3 Å². The number of amides is 1. The second-order valence-electron chi connectivity index (χ2n) is 5.80. The maximum atomic E-state index is 12.0. The zero-order valence-corrected chi connectivity index (χ0v) is 15.5. The molecular weight excluding hydrogens is 370 g/mol. The van der Waals surface area contributed by atoms with Gasteiger partial charge in [0.25, 0.3) is 5.56 Å². The molecule has 0 bridgehead atoms. The molecule has 1 unspecified atom stereocenters. The number of aromatic amines is 2.